The lowest BCUT2D eigenvalue weighted by molar-refractivity contribution is -0.127. The van der Waals surface area contributed by atoms with Gasteiger partial charge in [-0.05, 0) is 129 Å². The fraction of sp³-hybridized carbons (Fsp3) is 0.689. The van der Waals surface area contributed by atoms with E-state index in [0.29, 0.717) is 39.1 Å². The number of unbranched alkanes of at least 4 members (excludes halogenated alkanes) is 1. The molecule has 2 amide bonds. The maximum Gasteiger partial charge on any atom is 0.410 e. The summed E-state index contributed by atoms with van der Waals surface area (Å²) in [6, 6.07) is 14.2. The highest BCUT2D eigenvalue weighted by Crippen LogP contribution is 2.39. The quantitative estimate of drug-likeness (QED) is 0.177. The number of nitrogens with one attached hydrogen (secondary N) is 1. The number of aryl methyl sites for hydroxylation is 1. The van der Waals surface area contributed by atoms with E-state index >= 15 is 0 Å². The number of alkyl halides is 2. The zero-order valence-electron chi connectivity index (χ0n) is 36.2. The van der Waals surface area contributed by atoms with Gasteiger partial charge >= 0.3 is 12.2 Å². The Hall–Kier alpha value is -2.94. The average Bonchev–Trinajstić information content (AvgIpc) is 3.14. The van der Waals surface area contributed by atoms with Gasteiger partial charge in [0.05, 0.1) is 17.8 Å². The van der Waals surface area contributed by atoms with Gasteiger partial charge in [0.15, 0.2) is 0 Å². The number of halogens is 2. The Morgan fingerprint density at radius 1 is 0.932 bits per heavy atom. The molecule has 1 saturated heterocycles. The van der Waals surface area contributed by atoms with Crippen molar-refractivity contribution < 1.29 is 32.6 Å². The van der Waals surface area contributed by atoms with E-state index in [1.54, 1.807) is 0 Å². The van der Waals surface area contributed by atoms with Gasteiger partial charge in [0, 0.05) is 64.1 Å². The normalized spacial score (nSPS) is 20.4. The molecule has 1 aromatic carbocycles. The maximum atomic E-state index is 13.9. The Balaban J connectivity index is 0.00000465. The Labute approximate surface area is 365 Å². The number of benzene rings is 1. The summed E-state index contributed by atoms with van der Waals surface area (Å²) in [6.07, 6.45) is 6.90. The van der Waals surface area contributed by atoms with Crippen LogP contribution in [-0.2, 0) is 20.7 Å². The molecule has 10 nitrogen and oxygen atoms in total. The van der Waals surface area contributed by atoms with Crippen molar-refractivity contribution in [2.24, 2.45) is 5.92 Å². The zero-order chi connectivity index (χ0) is 41.2. The van der Waals surface area contributed by atoms with E-state index in [1.807, 2.05) is 76.9 Å². The molecule has 332 valence electrons. The SMILES string of the molecule is CC(C)(C)OC(=O)NCCCCN(C[C@@H]1CN(CC[C@H](CC(=O)C2CCC(F)(F)CC2)c2ccccc2)CCN1C(=O)OC(C)(C)C)[C@H]1CCCc2cccnc21.S.S. The van der Waals surface area contributed by atoms with Gasteiger partial charge in [0.2, 0.25) is 5.92 Å². The van der Waals surface area contributed by atoms with Crippen LogP contribution < -0.4 is 5.32 Å². The van der Waals surface area contributed by atoms with Crippen LogP contribution in [0.4, 0.5) is 18.4 Å². The number of rotatable bonds is 15. The molecule has 1 N–H and O–H groups in total. The molecular weight excluding hydrogens is 793 g/mol. The number of Topliss-reactive ketones (excluding diaryl/α,β-unsaturated/α-hetero) is 1. The first-order valence-corrected chi connectivity index (χ1v) is 21.3. The maximum absolute atomic E-state index is 13.9. The summed E-state index contributed by atoms with van der Waals surface area (Å²) in [5, 5.41) is 2.89. The number of hydrogen-bond acceptors (Lipinski definition) is 8. The summed E-state index contributed by atoms with van der Waals surface area (Å²) in [4.78, 5) is 51.4. The molecular formula is C45H71F2N5O5S2. The van der Waals surface area contributed by atoms with E-state index in [0.717, 1.165) is 62.9 Å². The van der Waals surface area contributed by atoms with Gasteiger partial charge in [0.25, 0.3) is 0 Å². The van der Waals surface area contributed by atoms with Crippen LogP contribution in [-0.4, -0.2) is 107 Å². The summed E-state index contributed by atoms with van der Waals surface area (Å²) in [6.45, 7) is 15.7. The molecule has 2 aliphatic carbocycles. The van der Waals surface area contributed by atoms with Crippen LogP contribution in [0.5, 0.6) is 0 Å². The number of ether oxygens (including phenoxy) is 2. The van der Waals surface area contributed by atoms with Crippen molar-refractivity contribution in [2.75, 3.05) is 45.8 Å². The predicted octanol–water partition coefficient (Wildman–Crippen LogP) is 9.17. The molecule has 0 radical (unpaired) electrons. The molecule has 1 saturated carbocycles. The van der Waals surface area contributed by atoms with Crippen molar-refractivity contribution in [1.29, 1.82) is 0 Å². The number of carbonyl (C=O) groups is 3. The van der Waals surface area contributed by atoms with E-state index in [1.165, 1.54) is 5.56 Å². The molecule has 1 aromatic heterocycles. The van der Waals surface area contributed by atoms with Crippen molar-refractivity contribution in [2.45, 2.75) is 147 Å². The van der Waals surface area contributed by atoms with E-state index in [4.69, 9.17) is 14.5 Å². The van der Waals surface area contributed by atoms with Crippen LogP contribution in [0.2, 0.25) is 0 Å². The second-order valence-electron chi connectivity index (χ2n) is 18.4. The van der Waals surface area contributed by atoms with Gasteiger partial charge in [-0.25, -0.2) is 18.4 Å². The molecule has 14 heteroatoms. The molecule has 3 aliphatic rings. The van der Waals surface area contributed by atoms with Crippen LogP contribution in [0.3, 0.4) is 0 Å². The van der Waals surface area contributed by atoms with Gasteiger partial charge in [0.1, 0.15) is 17.0 Å². The lowest BCUT2D eigenvalue weighted by Crippen LogP contribution is -2.60. The number of piperazine rings is 1. The lowest BCUT2D eigenvalue weighted by Gasteiger charge is -2.45. The summed E-state index contributed by atoms with van der Waals surface area (Å²) >= 11 is 0. The minimum atomic E-state index is -2.67. The fourth-order valence-corrected chi connectivity index (χ4v) is 8.59. The lowest BCUT2D eigenvalue weighted by atomic mass is 9.79. The first-order chi connectivity index (χ1) is 27.0. The fourth-order valence-electron chi connectivity index (χ4n) is 8.59. The van der Waals surface area contributed by atoms with E-state index < -0.39 is 23.2 Å². The number of ketones is 1. The third kappa shape index (κ3) is 16.1. The number of pyridine rings is 1. The number of hydrogen-bond donors (Lipinski definition) is 1. The molecule has 0 bridgehead atoms. The van der Waals surface area contributed by atoms with Crippen LogP contribution in [0, 0.1) is 5.92 Å². The summed E-state index contributed by atoms with van der Waals surface area (Å²) in [5.41, 5.74) is 2.25. The highest BCUT2D eigenvalue weighted by Gasteiger charge is 2.39. The minimum Gasteiger partial charge on any atom is -0.444 e. The minimum absolute atomic E-state index is 0. The van der Waals surface area contributed by atoms with Crippen molar-refractivity contribution in [3.8, 4) is 0 Å². The molecule has 1 aliphatic heterocycles. The third-order valence-corrected chi connectivity index (χ3v) is 11.5. The first kappa shape index (κ1) is 50.4. The van der Waals surface area contributed by atoms with Crippen molar-refractivity contribution in [3.05, 3.63) is 65.5 Å². The molecule has 0 spiro atoms. The Bertz CT molecular complexity index is 1620. The smallest absolute Gasteiger partial charge is 0.410 e. The Morgan fingerprint density at radius 3 is 2.31 bits per heavy atom. The third-order valence-electron chi connectivity index (χ3n) is 11.5. The summed E-state index contributed by atoms with van der Waals surface area (Å²) < 4.78 is 39.2. The average molecular weight is 864 g/mol. The monoisotopic (exact) mass is 863 g/mol. The highest BCUT2D eigenvalue weighted by atomic mass is 32.1. The highest BCUT2D eigenvalue weighted by molar-refractivity contribution is 7.59. The van der Waals surface area contributed by atoms with Gasteiger partial charge in [-0.15, -0.1) is 0 Å². The van der Waals surface area contributed by atoms with E-state index in [9.17, 15) is 23.2 Å². The number of alkyl carbamates (subject to hydrolysis) is 1. The molecule has 2 heterocycles. The van der Waals surface area contributed by atoms with Crippen molar-refractivity contribution in [3.63, 3.8) is 0 Å². The van der Waals surface area contributed by atoms with Gasteiger partial charge in [-0.2, -0.15) is 27.0 Å². The number of aromatic nitrogens is 1. The first-order valence-electron chi connectivity index (χ1n) is 21.3. The number of nitrogens with zero attached hydrogens (tertiary/aromatic N) is 4. The van der Waals surface area contributed by atoms with E-state index in [2.05, 4.69) is 33.3 Å². The summed E-state index contributed by atoms with van der Waals surface area (Å²) in [5.74, 6) is -2.92. The molecule has 3 atom stereocenters. The molecule has 59 heavy (non-hydrogen) atoms. The topological polar surface area (TPSA) is 104 Å². The van der Waals surface area contributed by atoms with Crippen LogP contribution in [0.15, 0.2) is 48.7 Å². The number of fused-ring (bicyclic) bond motifs is 1. The van der Waals surface area contributed by atoms with E-state index in [-0.39, 0.29) is 88.5 Å². The number of amides is 2. The van der Waals surface area contributed by atoms with Crippen LogP contribution in [0.25, 0.3) is 0 Å². The predicted molar refractivity (Wildman–Crippen MR) is 239 cm³/mol. The molecule has 2 fully saturated rings. The second kappa shape index (κ2) is 22.8. The molecule has 0 unspecified atom stereocenters. The molecule has 2 aromatic rings. The summed E-state index contributed by atoms with van der Waals surface area (Å²) in [7, 11) is 0. The largest absolute Gasteiger partial charge is 0.444 e. The second-order valence-corrected chi connectivity index (χ2v) is 18.4. The Morgan fingerprint density at radius 2 is 1.63 bits per heavy atom. The van der Waals surface area contributed by atoms with Gasteiger partial charge in [-0.1, -0.05) is 36.4 Å². The number of carbonyl (C=O) groups excluding carboxylic acids is 3. The van der Waals surface area contributed by atoms with Gasteiger partial charge in [-0.3, -0.25) is 19.6 Å². The molecule has 5 rings (SSSR count). The van der Waals surface area contributed by atoms with Crippen LogP contribution >= 0.6 is 27.0 Å². The van der Waals surface area contributed by atoms with Crippen molar-refractivity contribution >= 4 is 45.0 Å². The Kier molecular flexibility index (Phi) is 19.5. The van der Waals surface area contributed by atoms with Crippen molar-refractivity contribution in [1.82, 2.24) is 25.0 Å². The standard InChI is InChI=1S/C45H67F2N5O5.2H2S/c1-43(2,3)56-41(54)49-24-10-11-26-51(38-18-12-16-35-17-13-25-48-40(35)38)32-37-31-50(28-29-52(37)42(55)57-44(4,5)6)27-21-36(33-14-8-7-9-15-33)30-39(53)34-19-22-45(46,47)23-20-34;;/h7-9,13-15,17,25,34,36-38H,10-12,16,18-24,26-32H2,1-6H3,(H,49,54);2*1H2/t36-,37+,38+;;/m1../s1. The van der Waals surface area contributed by atoms with Crippen LogP contribution in [0.1, 0.15) is 135 Å². The van der Waals surface area contributed by atoms with Gasteiger partial charge < -0.3 is 19.7 Å². The zero-order valence-corrected chi connectivity index (χ0v) is 38.2.